The van der Waals surface area contributed by atoms with Gasteiger partial charge in [-0.2, -0.15) is 0 Å². The zero-order valence-electron chi connectivity index (χ0n) is 20.2. The predicted molar refractivity (Wildman–Crippen MR) is 127 cm³/mol. The van der Waals surface area contributed by atoms with Crippen molar-refractivity contribution >= 4 is 5.97 Å². The highest BCUT2D eigenvalue weighted by Gasteiger charge is 2.21. The van der Waals surface area contributed by atoms with Crippen LogP contribution in [0.25, 0.3) is 0 Å². The van der Waals surface area contributed by atoms with Gasteiger partial charge in [-0.15, -0.1) is 0 Å². The van der Waals surface area contributed by atoms with Crippen molar-refractivity contribution in [3.63, 3.8) is 0 Å². The zero-order valence-corrected chi connectivity index (χ0v) is 20.2. The summed E-state index contributed by atoms with van der Waals surface area (Å²) in [4.78, 5) is 12.0. The Bertz CT molecular complexity index is 565. The number of carbonyl (C=O) groups is 1. The van der Waals surface area contributed by atoms with Crippen LogP contribution in [0.5, 0.6) is 0 Å². The first-order valence-electron chi connectivity index (χ1n) is 12.1. The smallest absolute Gasteiger partial charge is 0.338 e. The fourth-order valence-corrected chi connectivity index (χ4v) is 3.96. The van der Waals surface area contributed by atoms with E-state index in [1.54, 1.807) is 12.1 Å². The van der Waals surface area contributed by atoms with E-state index < -0.39 is 5.60 Å². The van der Waals surface area contributed by atoms with Crippen LogP contribution < -0.4 is 0 Å². The minimum Gasteiger partial charge on any atom is -0.462 e. The molecule has 0 unspecified atom stereocenters. The first-order valence-corrected chi connectivity index (χ1v) is 12.1. The molecule has 0 aliphatic heterocycles. The molecule has 1 rings (SSSR count). The molecule has 3 heteroatoms. The fraction of sp³-hybridized carbons (Fsp3) is 0.741. The van der Waals surface area contributed by atoms with Crippen molar-refractivity contribution in [1.29, 1.82) is 0 Å². The van der Waals surface area contributed by atoms with Crippen molar-refractivity contribution in [3.05, 3.63) is 35.9 Å². The number of esters is 1. The van der Waals surface area contributed by atoms with Gasteiger partial charge in [-0.1, -0.05) is 97.3 Å². The van der Waals surface area contributed by atoms with E-state index in [0.717, 1.165) is 31.1 Å². The quantitative estimate of drug-likeness (QED) is 0.284. The summed E-state index contributed by atoms with van der Waals surface area (Å²) < 4.78 is 5.31. The molecule has 0 aliphatic carbocycles. The van der Waals surface area contributed by atoms with E-state index in [4.69, 9.17) is 4.74 Å². The van der Waals surface area contributed by atoms with E-state index in [1.165, 1.54) is 38.5 Å². The predicted octanol–water partition coefficient (Wildman–Crippen LogP) is 7.42. The van der Waals surface area contributed by atoms with Crippen LogP contribution >= 0.6 is 0 Å². The van der Waals surface area contributed by atoms with E-state index in [-0.39, 0.29) is 12.6 Å². The lowest BCUT2D eigenvalue weighted by molar-refractivity contribution is 0.00813. The highest BCUT2D eigenvalue weighted by atomic mass is 16.5. The number of hydrogen-bond donors (Lipinski definition) is 1. The molecule has 1 aromatic carbocycles. The Labute approximate surface area is 185 Å². The molecule has 0 spiro atoms. The second-order valence-corrected chi connectivity index (χ2v) is 10.1. The third-order valence-electron chi connectivity index (χ3n) is 6.17. The van der Waals surface area contributed by atoms with Crippen LogP contribution in [0.2, 0.25) is 0 Å². The van der Waals surface area contributed by atoms with Crippen LogP contribution in [-0.4, -0.2) is 23.3 Å². The van der Waals surface area contributed by atoms with Gasteiger partial charge in [-0.25, -0.2) is 4.79 Å². The highest BCUT2D eigenvalue weighted by Crippen LogP contribution is 2.24. The van der Waals surface area contributed by atoms with Gasteiger partial charge in [0.25, 0.3) is 0 Å². The summed E-state index contributed by atoms with van der Waals surface area (Å²) in [5.74, 6) is 2.05. The summed E-state index contributed by atoms with van der Waals surface area (Å²) in [5.41, 5.74) is -0.220. The van der Waals surface area contributed by atoms with Crippen LogP contribution in [0, 0.1) is 17.8 Å². The van der Waals surface area contributed by atoms with Crippen molar-refractivity contribution in [3.8, 4) is 0 Å². The number of aliphatic hydroxyl groups is 1. The first kappa shape index (κ1) is 26.7. The number of ether oxygens (including phenoxy) is 1. The molecule has 1 N–H and O–H groups in total. The van der Waals surface area contributed by atoms with Crippen LogP contribution in [0.3, 0.4) is 0 Å². The molecule has 30 heavy (non-hydrogen) atoms. The molecule has 0 radical (unpaired) electrons. The van der Waals surface area contributed by atoms with Crippen molar-refractivity contribution in [2.24, 2.45) is 17.8 Å². The second kappa shape index (κ2) is 14.6. The summed E-state index contributed by atoms with van der Waals surface area (Å²) in [6.45, 7) is 11.5. The van der Waals surface area contributed by atoms with Crippen LogP contribution in [0.4, 0.5) is 0 Å². The molecule has 0 saturated carbocycles. The van der Waals surface area contributed by atoms with Gasteiger partial charge in [0.05, 0.1) is 17.8 Å². The van der Waals surface area contributed by atoms with Crippen molar-refractivity contribution in [1.82, 2.24) is 0 Å². The largest absolute Gasteiger partial charge is 0.462 e. The minimum absolute atomic E-state index is 0.255. The summed E-state index contributed by atoms with van der Waals surface area (Å²) in [6.07, 6.45) is 11.4. The van der Waals surface area contributed by atoms with Crippen LogP contribution in [-0.2, 0) is 4.74 Å². The Morgan fingerprint density at radius 3 is 1.97 bits per heavy atom. The van der Waals surface area contributed by atoms with Crippen molar-refractivity contribution < 1.29 is 14.6 Å². The van der Waals surface area contributed by atoms with Crippen LogP contribution in [0.1, 0.15) is 109 Å². The Kier molecular flexibility index (Phi) is 13.0. The minimum atomic E-state index is -0.776. The molecule has 0 aliphatic rings. The highest BCUT2D eigenvalue weighted by molar-refractivity contribution is 5.89. The van der Waals surface area contributed by atoms with Gasteiger partial charge in [0, 0.05) is 6.42 Å². The van der Waals surface area contributed by atoms with Gasteiger partial charge in [-0.05, 0) is 43.2 Å². The third kappa shape index (κ3) is 13.1. The van der Waals surface area contributed by atoms with E-state index in [1.807, 2.05) is 25.1 Å². The van der Waals surface area contributed by atoms with Crippen molar-refractivity contribution in [2.45, 2.75) is 104 Å². The van der Waals surface area contributed by atoms with E-state index in [0.29, 0.717) is 17.9 Å². The molecular weight excluding hydrogens is 372 g/mol. The molecule has 1 aromatic rings. The molecule has 0 heterocycles. The van der Waals surface area contributed by atoms with Gasteiger partial charge in [0.2, 0.25) is 0 Å². The number of carbonyl (C=O) groups excluding carboxylic acids is 1. The lowest BCUT2D eigenvalue weighted by Gasteiger charge is -2.24. The molecule has 0 saturated heterocycles. The van der Waals surface area contributed by atoms with E-state index in [9.17, 15) is 9.90 Å². The van der Waals surface area contributed by atoms with Gasteiger partial charge in [0.1, 0.15) is 0 Å². The molecular formula is C27H46O3. The Hall–Kier alpha value is -1.35. The molecule has 0 aromatic heterocycles. The molecule has 0 amide bonds. The monoisotopic (exact) mass is 418 g/mol. The molecule has 0 fully saturated rings. The SMILES string of the molecule is CC(C)CCC[C@H](C)CCC[C@H](C)CCC[C@@](C)(O)CCOC(=O)c1ccccc1. The van der Waals surface area contributed by atoms with Gasteiger partial charge in [0.15, 0.2) is 0 Å². The normalized spacial score (nSPS) is 15.6. The Morgan fingerprint density at radius 2 is 1.40 bits per heavy atom. The Balaban J connectivity index is 2.10. The fourth-order valence-electron chi connectivity index (χ4n) is 3.96. The zero-order chi connectivity index (χ0) is 22.4. The lowest BCUT2D eigenvalue weighted by Crippen LogP contribution is -2.27. The average Bonchev–Trinajstić information content (AvgIpc) is 2.68. The van der Waals surface area contributed by atoms with Gasteiger partial charge in [-0.3, -0.25) is 0 Å². The topological polar surface area (TPSA) is 46.5 Å². The lowest BCUT2D eigenvalue weighted by atomic mass is 9.89. The number of hydrogen-bond acceptors (Lipinski definition) is 3. The maximum atomic E-state index is 12.0. The molecule has 3 atom stereocenters. The number of benzene rings is 1. The standard InChI is InChI=1S/C27H46O3/c1-22(2)12-9-13-23(3)14-10-15-24(4)16-11-19-27(5,29)20-21-30-26(28)25-17-7-6-8-18-25/h6-8,17-18,22-24,29H,9-16,19-21H2,1-5H3/t23-,24-,27+/m0/s1. The molecule has 0 bridgehead atoms. The molecule has 172 valence electrons. The van der Waals surface area contributed by atoms with E-state index >= 15 is 0 Å². The summed E-state index contributed by atoms with van der Waals surface area (Å²) in [5, 5.41) is 10.6. The molecule has 3 nitrogen and oxygen atoms in total. The number of rotatable bonds is 16. The summed E-state index contributed by atoms with van der Waals surface area (Å²) in [6, 6.07) is 9.00. The summed E-state index contributed by atoms with van der Waals surface area (Å²) >= 11 is 0. The van der Waals surface area contributed by atoms with Gasteiger partial charge < -0.3 is 9.84 Å². The maximum Gasteiger partial charge on any atom is 0.338 e. The Morgan fingerprint density at radius 1 is 0.867 bits per heavy atom. The van der Waals surface area contributed by atoms with Crippen LogP contribution in [0.15, 0.2) is 30.3 Å². The van der Waals surface area contributed by atoms with Crippen molar-refractivity contribution in [2.75, 3.05) is 6.61 Å². The summed E-state index contributed by atoms with van der Waals surface area (Å²) in [7, 11) is 0. The third-order valence-corrected chi connectivity index (χ3v) is 6.17. The average molecular weight is 419 g/mol. The second-order valence-electron chi connectivity index (χ2n) is 10.1. The maximum absolute atomic E-state index is 12.0. The van der Waals surface area contributed by atoms with E-state index in [2.05, 4.69) is 27.7 Å². The first-order chi connectivity index (χ1) is 14.2. The van der Waals surface area contributed by atoms with Gasteiger partial charge >= 0.3 is 5.97 Å².